The van der Waals surface area contributed by atoms with Crippen LogP contribution in [0.3, 0.4) is 0 Å². The highest BCUT2D eigenvalue weighted by molar-refractivity contribution is 6.22. The van der Waals surface area contributed by atoms with Crippen molar-refractivity contribution in [2.75, 3.05) is 4.90 Å². The quantitative estimate of drug-likeness (QED) is 0.727. The van der Waals surface area contributed by atoms with Crippen LogP contribution in [0.15, 0.2) is 0 Å². The van der Waals surface area contributed by atoms with E-state index in [4.69, 9.17) is 0 Å². The number of hydrogen-bond donors (Lipinski definition) is 1. The number of nitrogens with zero attached hydrogens (tertiary/aromatic N) is 2. The molecule has 0 radical (unpaired) electrons. The van der Waals surface area contributed by atoms with Crippen molar-refractivity contribution < 1.29 is 9.59 Å². The molecule has 0 bridgehead atoms. The first-order valence-corrected chi connectivity index (χ1v) is 5.23. The molecule has 1 saturated heterocycles. The minimum Gasteiger partial charge on any atom is -0.280 e. The van der Waals surface area contributed by atoms with Crippen LogP contribution in [0.5, 0.6) is 0 Å². The molecule has 0 aliphatic carbocycles. The molecule has 1 N–H and O–H groups in total. The number of hydrogen-bond acceptors (Lipinski definition) is 3. The number of aromatic amines is 1. The van der Waals surface area contributed by atoms with Crippen LogP contribution in [0, 0.1) is 19.3 Å². The average Bonchev–Trinajstić information content (AvgIpc) is 2.56. The first kappa shape index (κ1) is 10.9. The van der Waals surface area contributed by atoms with Crippen molar-refractivity contribution in [1.82, 2.24) is 10.2 Å². The van der Waals surface area contributed by atoms with Gasteiger partial charge in [-0.3, -0.25) is 14.7 Å². The van der Waals surface area contributed by atoms with Crippen LogP contribution in [0.4, 0.5) is 5.69 Å². The lowest BCUT2D eigenvalue weighted by Crippen LogP contribution is -2.33. The molecule has 16 heavy (non-hydrogen) atoms. The molecule has 1 aliphatic rings. The van der Waals surface area contributed by atoms with Crippen LogP contribution in [0.2, 0.25) is 0 Å². The van der Waals surface area contributed by atoms with E-state index in [0.717, 1.165) is 5.69 Å². The summed E-state index contributed by atoms with van der Waals surface area (Å²) in [5, 5.41) is 6.79. The molecule has 2 rings (SSSR count). The molecule has 0 saturated carbocycles. The van der Waals surface area contributed by atoms with Gasteiger partial charge in [-0.25, -0.2) is 4.90 Å². The van der Waals surface area contributed by atoms with Gasteiger partial charge >= 0.3 is 0 Å². The van der Waals surface area contributed by atoms with Gasteiger partial charge in [-0.2, -0.15) is 5.10 Å². The van der Waals surface area contributed by atoms with Gasteiger partial charge in [0.25, 0.3) is 0 Å². The van der Waals surface area contributed by atoms with Gasteiger partial charge < -0.3 is 0 Å². The predicted molar refractivity (Wildman–Crippen MR) is 59.0 cm³/mol. The Bertz CT molecular complexity index is 454. The zero-order valence-electron chi connectivity index (χ0n) is 9.92. The fraction of sp³-hybridized carbons (Fsp3) is 0.545. The van der Waals surface area contributed by atoms with Crippen molar-refractivity contribution in [3.8, 4) is 0 Å². The van der Waals surface area contributed by atoms with Gasteiger partial charge in [0.1, 0.15) is 0 Å². The maximum atomic E-state index is 12.1. The van der Waals surface area contributed by atoms with E-state index in [1.807, 2.05) is 0 Å². The lowest BCUT2D eigenvalue weighted by Gasteiger charge is -2.17. The lowest BCUT2D eigenvalue weighted by atomic mass is 9.92. The Labute approximate surface area is 93.8 Å². The summed E-state index contributed by atoms with van der Waals surface area (Å²) in [6.07, 6.45) is 0.260. The second kappa shape index (κ2) is 3.17. The second-order valence-corrected chi connectivity index (χ2v) is 4.88. The van der Waals surface area contributed by atoms with Crippen molar-refractivity contribution in [3.05, 3.63) is 11.4 Å². The Morgan fingerprint density at radius 1 is 1.31 bits per heavy atom. The summed E-state index contributed by atoms with van der Waals surface area (Å²) in [4.78, 5) is 25.2. The molecule has 0 spiro atoms. The molecule has 86 valence electrons. The SMILES string of the molecule is Cc1n[nH]c(C)c1N1C(=O)CC(C)(C)C1=O. The van der Waals surface area contributed by atoms with Crippen LogP contribution in [-0.2, 0) is 9.59 Å². The number of carbonyl (C=O) groups is 2. The van der Waals surface area contributed by atoms with Gasteiger partial charge in [-0.1, -0.05) is 13.8 Å². The number of amides is 2. The van der Waals surface area contributed by atoms with Crippen molar-refractivity contribution in [2.24, 2.45) is 5.41 Å². The summed E-state index contributed by atoms with van der Waals surface area (Å²) in [6, 6.07) is 0. The zero-order valence-corrected chi connectivity index (χ0v) is 9.92. The largest absolute Gasteiger partial charge is 0.280 e. The molecule has 5 heteroatoms. The number of aryl methyl sites for hydroxylation is 2. The Morgan fingerprint density at radius 2 is 1.94 bits per heavy atom. The molecule has 0 unspecified atom stereocenters. The number of aromatic nitrogens is 2. The van der Waals surface area contributed by atoms with E-state index in [0.29, 0.717) is 11.4 Å². The number of carbonyl (C=O) groups excluding carboxylic acids is 2. The topological polar surface area (TPSA) is 66.1 Å². The van der Waals surface area contributed by atoms with Crippen LogP contribution in [0.25, 0.3) is 0 Å². The first-order chi connectivity index (χ1) is 7.34. The molecule has 1 aromatic rings. The lowest BCUT2D eigenvalue weighted by molar-refractivity contribution is -0.124. The molecule has 0 aromatic carbocycles. The normalized spacial score (nSPS) is 19.6. The maximum Gasteiger partial charge on any atom is 0.240 e. The molecule has 1 aromatic heterocycles. The van der Waals surface area contributed by atoms with E-state index >= 15 is 0 Å². The monoisotopic (exact) mass is 221 g/mol. The van der Waals surface area contributed by atoms with Crippen LogP contribution in [0.1, 0.15) is 31.7 Å². The standard InChI is InChI=1S/C11H15N3O2/c1-6-9(7(2)13-12-6)14-8(15)5-11(3,4)10(14)16/h5H2,1-4H3,(H,12,13). The minimum atomic E-state index is -0.604. The number of imide groups is 1. The highest BCUT2D eigenvalue weighted by Gasteiger charge is 2.46. The number of H-pyrrole nitrogens is 1. The third kappa shape index (κ3) is 1.35. The molecule has 5 nitrogen and oxygen atoms in total. The summed E-state index contributed by atoms with van der Waals surface area (Å²) in [5.41, 5.74) is 1.43. The highest BCUT2D eigenvalue weighted by atomic mass is 16.2. The van der Waals surface area contributed by atoms with E-state index < -0.39 is 5.41 Å². The van der Waals surface area contributed by atoms with Crippen molar-refractivity contribution in [2.45, 2.75) is 34.1 Å². The van der Waals surface area contributed by atoms with E-state index in [1.165, 1.54) is 4.90 Å². The predicted octanol–water partition coefficient (Wildman–Crippen LogP) is 1.32. The van der Waals surface area contributed by atoms with Crippen molar-refractivity contribution in [3.63, 3.8) is 0 Å². The van der Waals surface area contributed by atoms with Gasteiger partial charge in [0.15, 0.2) is 0 Å². The molecule has 1 fully saturated rings. The zero-order chi connectivity index (χ0) is 12.1. The van der Waals surface area contributed by atoms with Crippen LogP contribution < -0.4 is 4.90 Å². The van der Waals surface area contributed by atoms with E-state index in [-0.39, 0.29) is 18.2 Å². The van der Waals surface area contributed by atoms with Gasteiger partial charge in [-0.15, -0.1) is 0 Å². The molecule has 0 atom stereocenters. The second-order valence-electron chi connectivity index (χ2n) is 4.88. The average molecular weight is 221 g/mol. The summed E-state index contributed by atoms with van der Waals surface area (Å²) in [7, 11) is 0. The number of rotatable bonds is 1. The molecule has 2 amide bonds. The van der Waals surface area contributed by atoms with Gasteiger partial charge in [0.2, 0.25) is 11.8 Å². The Kier molecular flexibility index (Phi) is 2.15. The van der Waals surface area contributed by atoms with Crippen molar-refractivity contribution in [1.29, 1.82) is 0 Å². The molecular formula is C11H15N3O2. The first-order valence-electron chi connectivity index (χ1n) is 5.23. The Balaban J connectivity index is 2.51. The number of nitrogens with one attached hydrogen (secondary N) is 1. The van der Waals surface area contributed by atoms with Gasteiger partial charge in [0.05, 0.1) is 22.5 Å². The smallest absolute Gasteiger partial charge is 0.240 e. The third-order valence-electron chi connectivity index (χ3n) is 2.94. The fourth-order valence-electron chi connectivity index (χ4n) is 2.05. The van der Waals surface area contributed by atoms with E-state index in [1.54, 1.807) is 27.7 Å². The van der Waals surface area contributed by atoms with Crippen molar-refractivity contribution >= 4 is 17.5 Å². The van der Waals surface area contributed by atoms with Gasteiger partial charge in [-0.05, 0) is 13.8 Å². The maximum absolute atomic E-state index is 12.1. The van der Waals surface area contributed by atoms with E-state index in [9.17, 15) is 9.59 Å². The minimum absolute atomic E-state index is 0.148. The van der Waals surface area contributed by atoms with Gasteiger partial charge in [0, 0.05) is 6.42 Å². The fourth-order valence-corrected chi connectivity index (χ4v) is 2.05. The van der Waals surface area contributed by atoms with Crippen LogP contribution in [-0.4, -0.2) is 22.0 Å². The Morgan fingerprint density at radius 3 is 2.31 bits per heavy atom. The summed E-state index contributed by atoms with van der Waals surface area (Å²) < 4.78 is 0. The third-order valence-corrected chi connectivity index (χ3v) is 2.94. The highest BCUT2D eigenvalue weighted by Crippen LogP contribution is 2.36. The summed E-state index contributed by atoms with van der Waals surface area (Å²) in [5.74, 6) is -0.298. The number of anilines is 1. The summed E-state index contributed by atoms with van der Waals surface area (Å²) >= 11 is 0. The van der Waals surface area contributed by atoms with E-state index in [2.05, 4.69) is 10.2 Å². The summed E-state index contributed by atoms with van der Waals surface area (Å²) in [6.45, 7) is 7.17. The Hall–Kier alpha value is -1.65. The molecular weight excluding hydrogens is 206 g/mol. The molecule has 2 heterocycles. The molecule has 1 aliphatic heterocycles. The van der Waals surface area contributed by atoms with Crippen LogP contribution >= 0.6 is 0 Å².